The summed E-state index contributed by atoms with van der Waals surface area (Å²) in [5.74, 6) is -0.880. The van der Waals surface area contributed by atoms with E-state index in [4.69, 9.17) is 4.74 Å². The van der Waals surface area contributed by atoms with Gasteiger partial charge in [0.2, 0.25) is 10.0 Å². The van der Waals surface area contributed by atoms with Crippen LogP contribution in [0.1, 0.15) is 47.8 Å². The van der Waals surface area contributed by atoms with Gasteiger partial charge in [0.1, 0.15) is 0 Å². The highest BCUT2D eigenvalue weighted by molar-refractivity contribution is 7.89. The van der Waals surface area contributed by atoms with Crippen molar-refractivity contribution in [1.82, 2.24) is 14.1 Å². The minimum absolute atomic E-state index is 0.119. The van der Waals surface area contributed by atoms with E-state index in [1.54, 1.807) is 22.9 Å². The highest BCUT2D eigenvalue weighted by Gasteiger charge is 2.30. The number of anilines is 1. The fourth-order valence-corrected chi connectivity index (χ4v) is 5.67. The Kier molecular flexibility index (Phi) is 6.40. The average molecular weight is 495 g/mol. The Bertz CT molecular complexity index is 1340. The minimum Gasteiger partial charge on any atom is -0.451 e. The topological polar surface area (TPSA) is 111 Å². The standard InChI is InChI=1S/C25H26N4O5S/c30-24(26-19-7-6-10-21(15-19)35(32,33)28-13-4-5-14-28)17-34-25(31)23-16-22(18-11-12-18)27-29(23)20-8-2-1-3-9-20/h1-3,6-10,15-16,18H,4-5,11-14,17H2,(H,26,30). The second kappa shape index (κ2) is 9.63. The molecule has 9 nitrogen and oxygen atoms in total. The summed E-state index contributed by atoms with van der Waals surface area (Å²) in [6.07, 6.45) is 3.75. The van der Waals surface area contributed by atoms with Crippen molar-refractivity contribution in [2.75, 3.05) is 25.0 Å². The molecule has 35 heavy (non-hydrogen) atoms. The molecule has 2 aliphatic rings. The number of hydrogen-bond acceptors (Lipinski definition) is 6. The molecule has 0 bridgehead atoms. The Morgan fingerprint density at radius 1 is 1.00 bits per heavy atom. The van der Waals surface area contributed by atoms with Crippen molar-refractivity contribution in [2.45, 2.75) is 36.5 Å². The first-order chi connectivity index (χ1) is 16.9. The van der Waals surface area contributed by atoms with E-state index in [0.717, 1.165) is 37.1 Å². The smallest absolute Gasteiger partial charge is 0.357 e. The monoisotopic (exact) mass is 494 g/mol. The molecule has 1 aromatic heterocycles. The first-order valence-corrected chi connectivity index (χ1v) is 13.1. The summed E-state index contributed by atoms with van der Waals surface area (Å²) in [6.45, 7) is 0.481. The molecule has 1 saturated heterocycles. The van der Waals surface area contributed by atoms with Gasteiger partial charge in [-0.3, -0.25) is 4.79 Å². The molecule has 0 radical (unpaired) electrons. The number of nitrogens with zero attached hydrogens (tertiary/aromatic N) is 3. The number of rotatable bonds is 8. The fraction of sp³-hybridized carbons (Fsp3) is 0.320. The van der Waals surface area contributed by atoms with E-state index in [-0.39, 0.29) is 10.6 Å². The third kappa shape index (κ3) is 5.13. The van der Waals surface area contributed by atoms with E-state index in [9.17, 15) is 18.0 Å². The normalized spacial score (nSPS) is 16.2. The number of carbonyl (C=O) groups excluding carboxylic acids is 2. The zero-order chi connectivity index (χ0) is 24.4. The maximum Gasteiger partial charge on any atom is 0.357 e. The lowest BCUT2D eigenvalue weighted by molar-refractivity contribution is -0.119. The van der Waals surface area contributed by atoms with Gasteiger partial charge >= 0.3 is 5.97 Å². The number of aromatic nitrogens is 2. The molecule has 0 atom stereocenters. The molecule has 182 valence electrons. The Labute approximate surface area is 203 Å². The maximum atomic E-state index is 12.8. The van der Waals surface area contributed by atoms with Crippen LogP contribution in [-0.4, -0.2) is 54.1 Å². The van der Waals surface area contributed by atoms with Gasteiger partial charge in [0, 0.05) is 24.7 Å². The Morgan fingerprint density at radius 2 is 1.74 bits per heavy atom. The lowest BCUT2D eigenvalue weighted by Gasteiger charge is -2.16. The summed E-state index contributed by atoms with van der Waals surface area (Å²) in [5.41, 5.74) is 2.13. The predicted octanol–water partition coefficient (Wildman–Crippen LogP) is 3.33. The van der Waals surface area contributed by atoms with Crippen LogP contribution >= 0.6 is 0 Å². The first kappa shape index (κ1) is 23.3. The van der Waals surface area contributed by atoms with E-state index in [0.29, 0.717) is 24.7 Å². The van der Waals surface area contributed by atoms with E-state index < -0.39 is 28.5 Å². The number of amides is 1. The third-order valence-corrected chi connectivity index (χ3v) is 7.98. The number of ether oxygens (including phenoxy) is 1. The van der Waals surface area contributed by atoms with Crippen molar-refractivity contribution in [3.63, 3.8) is 0 Å². The van der Waals surface area contributed by atoms with Gasteiger partial charge < -0.3 is 10.1 Å². The van der Waals surface area contributed by atoms with Crippen LogP contribution in [0.25, 0.3) is 5.69 Å². The van der Waals surface area contributed by atoms with Gasteiger partial charge in [0.15, 0.2) is 12.3 Å². The maximum absolute atomic E-state index is 12.8. The molecular weight excluding hydrogens is 468 g/mol. The summed E-state index contributed by atoms with van der Waals surface area (Å²) in [6, 6.07) is 17.1. The number of carbonyl (C=O) groups is 2. The van der Waals surface area contributed by atoms with Crippen LogP contribution in [-0.2, 0) is 19.6 Å². The second-order valence-electron chi connectivity index (χ2n) is 8.74. The summed E-state index contributed by atoms with van der Waals surface area (Å²) in [7, 11) is -3.60. The van der Waals surface area contributed by atoms with Crippen LogP contribution in [0, 0.1) is 0 Å². The first-order valence-electron chi connectivity index (χ1n) is 11.6. The number of benzene rings is 2. The molecule has 2 heterocycles. The van der Waals surface area contributed by atoms with Crippen LogP contribution in [0.4, 0.5) is 5.69 Å². The van der Waals surface area contributed by atoms with E-state index >= 15 is 0 Å². The van der Waals surface area contributed by atoms with Crippen LogP contribution < -0.4 is 5.32 Å². The van der Waals surface area contributed by atoms with Gasteiger partial charge in [-0.1, -0.05) is 24.3 Å². The molecule has 0 spiro atoms. The molecule has 1 amide bonds. The van der Waals surface area contributed by atoms with Crippen LogP contribution in [0.5, 0.6) is 0 Å². The van der Waals surface area contributed by atoms with Crippen LogP contribution in [0.3, 0.4) is 0 Å². The van der Waals surface area contributed by atoms with E-state index in [2.05, 4.69) is 10.4 Å². The average Bonchev–Trinajstić information content (AvgIpc) is 3.37. The quantitative estimate of drug-likeness (QED) is 0.481. The Morgan fingerprint density at radius 3 is 2.46 bits per heavy atom. The van der Waals surface area contributed by atoms with E-state index in [1.165, 1.54) is 16.4 Å². The Hall–Kier alpha value is -3.50. The van der Waals surface area contributed by atoms with Crippen molar-refractivity contribution >= 4 is 27.6 Å². The Balaban J connectivity index is 1.25. The number of esters is 1. The van der Waals surface area contributed by atoms with Crippen LogP contribution in [0.2, 0.25) is 0 Å². The summed E-state index contributed by atoms with van der Waals surface area (Å²) in [5, 5.41) is 7.19. The van der Waals surface area contributed by atoms with Crippen LogP contribution in [0.15, 0.2) is 65.6 Å². The zero-order valence-electron chi connectivity index (χ0n) is 19.1. The lowest BCUT2D eigenvalue weighted by Crippen LogP contribution is -2.28. The van der Waals surface area contributed by atoms with Crippen molar-refractivity contribution in [2.24, 2.45) is 0 Å². The minimum atomic E-state index is -3.60. The number of hydrogen-bond donors (Lipinski definition) is 1. The molecule has 2 fully saturated rings. The summed E-state index contributed by atoms with van der Waals surface area (Å²) < 4.78 is 33.8. The SMILES string of the molecule is O=C(COC(=O)c1cc(C2CC2)nn1-c1ccccc1)Nc1cccc(S(=O)(=O)N2CCCC2)c1. The van der Waals surface area contributed by atoms with Crippen molar-refractivity contribution in [1.29, 1.82) is 0 Å². The highest BCUT2D eigenvalue weighted by atomic mass is 32.2. The summed E-state index contributed by atoms with van der Waals surface area (Å²) in [4.78, 5) is 25.4. The number of nitrogens with one attached hydrogen (secondary N) is 1. The lowest BCUT2D eigenvalue weighted by atomic mass is 10.2. The zero-order valence-corrected chi connectivity index (χ0v) is 19.9. The fourth-order valence-electron chi connectivity index (χ4n) is 4.10. The van der Waals surface area contributed by atoms with Gasteiger partial charge in [-0.15, -0.1) is 0 Å². The van der Waals surface area contributed by atoms with Crippen molar-refractivity contribution in [3.8, 4) is 5.69 Å². The number of para-hydroxylation sites is 1. The molecule has 1 saturated carbocycles. The largest absolute Gasteiger partial charge is 0.451 e. The molecule has 1 N–H and O–H groups in total. The van der Waals surface area contributed by atoms with Crippen molar-refractivity contribution < 1.29 is 22.7 Å². The van der Waals surface area contributed by atoms with Gasteiger partial charge in [-0.05, 0) is 62.1 Å². The molecular formula is C25H26N4O5S. The van der Waals surface area contributed by atoms with Crippen molar-refractivity contribution in [3.05, 3.63) is 72.1 Å². The predicted molar refractivity (Wildman–Crippen MR) is 129 cm³/mol. The molecule has 0 unspecified atom stereocenters. The van der Waals surface area contributed by atoms with Gasteiger partial charge in [-0.2, -0.15) is 9.40 Å². The van der Waals surface area contributed by atoms with E-state index in [1.807, 2.05) is 30.3 Å². The molecule has 1 aliphatic carbocycles. The van der Waals surface area contributed by atoms with Gasteiger partial charge in [-0.25, -0.2) is 17.9 Å². The molecule has 10 heteroatoms. The highest BCUT2D eigenvalue weighted by Crippen LogP contribution is 2.39. The van der Waals surface area contributed by atoms with Gasteiger partial charge in [0.05, 0.1) is 16.3 Å². The second-order valence-corrected chi connectivity index (χ2v) is 10.7. The summed E-state index contributed by atoms with van der Waals surface area (Å²) >= 11 is 0. The molecule has 5 rings (SSSR count). The molecule has 3 aromatic rings. The third-order valence-electron chi connectivity index (χ3n) is 6.09. The van der Waals surface area contributed by atoms with Gasteiger partial charge in [0.25, 0.3) is 5.91 Å². The molecule has 2 aromatic carbocycles. The molecule has 1 aliphatic heterocycles. The number of sulfonamides is 1.